The molecule has 114 valence electrons. The van der Waals surface area contributed by atoms with E-state index >= 15 is 0 Å². The van der Waals surface area contributed by atoms with Gasteiger partial charge in [0, 0.05) is 32.7 Å². The largest absolute Gasteiger partial charge is 0.327 e. The summed E-state index contributed by atoms with van der Waals surface area (Å²) in [5, 5.41) is 0. The van der Waals surface area contributed by atoms with Crippen molar-refractivity contribution in [2.45, 2.75) is 39.2 Å². The minimum atomic E-state index is -3.30. The summed E-state index contributed by atoms with van der Waals surface area (Å²) in [6.07, 6.45) is 3.07. The van der Waals surface area contributed by atoms with E-state index in [-0.39, 0.29) is 23.9 Å². The average Bonchev–Trinajstić information content (AvgIpc) is 3.05. The Labute approximate surface area is 123 Å². The van der Waals surface area contributed by atoms with Crippen molar-refractivity contribution >= 4 is 22.6 Å². The number of hydrogen-bond acceptors (Lipinski definition) is 3. The molecule has 2 aliphatic rings. The number of rotatable bonds is 4. The highest BCUT2D eigenvalue weighted by Gasteiger charge is 2.40. The summed E-state index contributed by atoms with van der Waals surface area (Å²) in [5.74, 6) is 0.574. The number of halogens is 1. The van der Waals surface area contributed by atoms with Gasteiger partial charge in [-0.25, -0.2) is 0 Å². The fourth-order valence-corrected chi connectivity index (χ4v) is 4.10. The molecule has 1 heterocycles. The number of piperidine rings is 1. The molecule has 2 fully saturated rings. The second-order valence-electron chi connectivity index (χ2n) is 6.45. The second-order valence-corrected chi connectivity index (χ2v) is 8.48. The van der Waals surface area contributed by atoms with Gasteiger partial charge in [-0.2, -0.15) is 17.0 Å². The molecule has 0 radical (unpaired) electrons. The maximum Gasteiger partial charge on any atom is 0.281 e. The summed E-state index contributed by atoms with van der Waals surface area (Å²) < 4.78 is 28.0. The molecule has 1 aliphatic carbocycles. The number of hydrogen-bond donors (Lipinski definition) is 1. The fraction of sp³-hybridized carbons (Fsp3) is 1.00. The molecule has 0 bridgehead atoms. The van der Waals surface area contributed by atoms with Crippen molar-refractivity contribution in [1.82, 2.24) is 8.61 Å². The molecular formula is C12H26ClN3O2S. The van der Waals surface area contributed by atoms with Gasteiger partial charge in [-0.15, -0.1) is 12.4 Å². The first-order chi connectivity index (χ1) is 8.23. The maximum absolute atomic E-state index is 12.5. The Morgan fingerprint density at radius 1 is 1.32 bits per heavy atom. The van der Waals surface area contributed by atoms with Gasteiger partial charge in [0.05, 0.1) is 0 Å². The summed E-state index contributed by atoms with van der Waals surface area (Å²) in [4.78, 5) is 0. The van der Waals surface area contributed by atoms with Gasteiger partial charge in [0.2, 0.25) is 0 Å². The van der Waals surface area contributed by atoms with Crippen LogP contribution in [0.15, 0.2) is 0 Å². The predicted octanol–water partition coefficient (Wildman–Crippen LogP) is 1.05. The second kappa shape index (κ2) is 5.85. The summed E-state index contributed by atoms with van der Waals surface area (Å²) in [6.45, 7) is 5.80. The van der Waals surface area contributed by atoms with Gasteiger partial charge in [0.1, 0.15) is 0 Å². The lowest BCUT2D eigenvalue weighted by Crippen LogP contribution is -2.56. The van der Waals surface area contributed by atoms with Crippen LogP contribution in [0.4, 0.5) is 0 Å². The molecule has 5 nitrogen and oxygen atoms in total. The van der Waals surface area contributed by atoms with Crippen LogP contribution in [0.5, 0.6) is 0 Å². The highest BCUT2D eigenvalue weighted by Crippen LogP contribution is 2.33. The topological polar surface area (TPSA) is 66.6 Å². The van der Waals surface area contributed by atoms with Gasteiger partial charge in [-0.05, 0) is 30.6 Å². The van der Waals surface area contributed by atoms with Crippen LogP contribution in [0.25, 0.3) is 0 Å². The predicted molar refractivity (Wildman–Crippen MR) is 79.5 cm³/mol. The smallest absolute Gasteiger partial charge is 0.281 e. The summed E-state index contributed by atoms with van der Waals surface area (Å²) in [7, 11) is -1.61. The maximum atomic E-state index is 12.5. The number of nitrogens with zero attached hydrogens (tertiary/aromatic N) is 2. The van der Waals surface area contributed by atoms with Crippen molar-refractivity contribution in [2.75, 3.05) is 26.7 Å². The summed E-state index contributed by atoms with van der Waals surface area (Å²) in [5.41, 5.74) is 5.90. The molecule has 1 aliphatic heterocycles. The van der Waals surface area contributed by atoms with Crippen LogP contribution >= 0.6 is 12.4 Å². The Morgan fingerprint density at radius 3 is 2.37 bits per heavy atom. The fourth-order valence-electron chi connectivity index (χ4n) is 2.48. The van der Waals surface area contributed by atoms with E-state index in [2.05, 4.69) is 0 Å². The Morgan fingerprint density at radius 2 is 1.89 bits per heavy atom. The standard InChI is InChI=1S/C12H25N3O2S.ClH/c1-12(2)9-15(7-6-11(12)13)18(16,17)14(3)8-10-4-5-10;/h10-11H,4-9,13H2,1-3H3;1H. The SMILES string of the molecule is CN(CC1CC1)S(=O)(=O)N1CCC(N)C(C)(C)C1.Cl. The highest BCUT2D eigenvalue weighted by atomic mass is 35.5. The van der Waals surface area contributed by atoms with Crippen LogP contribution in [0, 0.1) is 11.3 Å². The highest BCUT2D eigenvalue weighted by molar-refractivity contribution is 7.86. The zero-order chi connectivity index (χ0) is 13.6. The van der Waals surface area contributed by atoms with Crippen LogP contribution in [0.3, 0.4) is 0 Å². The van der Waals surface area contributed by atoms with Crippen molar-refractivity contribution in [2.24, 2.45) is 17.1 Å². The molecule has 0 amide bonds. The number of nitrogens with two attached hydrogens (primary N) is 1. The molecular weight excluding hydrogens is 286 g/mol. The van der Waals surface area contributed by atoms with Crippen LogP contribution < -0.4 is 5.73 Å². The van der Waals surface area contributed by atoms with E-state index in [9.17, 15) is 8.42 Å². The third kappa shape index (κ3) is 3.82. The molecule has 1 saturated heterocycles. The lowest BCUT2D eigenvalue weighted by atomic mass is 9.81. The van der Waals surface area contributed by atoms with Gasteiger partial charge >= 0.3 is 0 Å². The summed E-state index contributed by atoms with van der Waals surface area (Å²) >= 11 is 0. The minimum Gasteiger partial charge on any atom is -0.327 e. The van der Waals surface area contributed by atoms with E-state index < -0.39 is 10.2 Å². The van der Waals surface area contributed by atoms with Crippen molar-refractivity contribution in [3.8, 4) is 0 Å². The first kappa shape index (κ1) is 17.2. The Balaban J connectivity index is 0.00000180. The molecule has 7 heteroatoms. The van der Waals surface area contributed by atoms with Gasteiger partial charge in [0.15, 0.2) is 0 Å². The van der Waals surface area contributed by atoms with Gasteiger partial charge in [0.25, 0.3) is 10.2 Å². The van der Waals surface area contributed by atoms with Crippen LogP contribution in [-0.4, -0.2) is 49.8 Å². The van der Waals surface area contributed by atoms with Crippen molar-refractivity contribution in [3.05, 3.63) is 0 Å². The summed E-state index contributed by atoms with van der Waals surface area (Å²) in [6, 6.07) is 0.0812. The third-order valence-electron chi connectivity index (χ3n) is 4.21. The van der Waals surface area contributed by atoms with Crippen molar-refractivity contribution in [1.29, 1.82) is 0 Å². The van der Waals surface area contributed by atoms with E-state index in [0.717, 1.165) is 19.3 Å². The molecule has 0 aromatic heterocycles. The van der Waals surface area contributed by atoms with Crippen molar-refractivity contribution in [3.63, 3.8) is 0 Å². The normalized spacial score (nSPS) is 28.2. The van der Waals surface area contributed by atoms with Crippen LogP contribution in [0.2, 0.25) is 0 Å². The zero-order valence-electron chi connectivity index (χ0n) is 12.0. The minimum absolute atomic E-state index is 0. The van der Waals surface area contributed by atoms with Crippen LogP contribution in [-0.2, 0) is 10.2 Å². The molecule has 0 aromatic carbocycles. The van der Waals surface area contributed by atoms with E-state index in [4.69, 9.17) is 5.73 Å². The van der Waals surface area contributed by atoms with E-state index in [1.807, 2.05) is 13.8 Å². The van der Waals surface area contributed by atoms with Crippen LogP contribution in [0.1, 0.15) is 33.1 Å². The van der Waals surface area contributed by atoms with E-state index in [1.165, 1.54) is 4.31 Å². The zero-order valence-corrected chi connectivity index (χ0v) is 13.6. The first-order valence-electron chi connectivity index (χ1n) is 6.70. The van der Waals surface area contributed by atoms with Crippen molar-refractivity contribution < 1.29 is 8.42 Å². The molecule has 1 atom stereocenters. The molecule has 0 spiro atoms. The molecule has 1 unspecified atom stereocenters. The van der Waals surface area contributed by atoms with Gasteiger partial charge in [-0.1, -0.05) is 13.8 Å². The Hall–Kier alpha value is 0.120. The average molecular weight is 312 g/mol. The lowest BCUT2D eigenvalue weighted by Gasteiger charge is -2.42. The third-order valence-corrected chi connectivity index (χ3v) is 6.11. The van der Waals surface area contributed by atoms with E-state index in [0.29, 0.717) is 25.6 Å². The van der Waals surface area contributed by atoms with E-state index in [1.54, 1.807) is 11.4 Å². The molecule has 19 heavy (non-hydrogen) atoms. The molecule has 2 rings (SSSR count). The molecule has 0 aromatic rings. The Kier molecular flexibility index (Phi) is 5.29. The molecule has 2 N–H and O–H groups in total. The quantitative estimate of drug-likeness (QED) is 0.844. The lowest BCUT2D eigenvalue weighted by molar-refractivity contribution is 0.149. The first-order valence-corrected chi connectivity index (χ1v) is 8.10. The Bertz CT molecular complexity index is 409. The molecule has 1 saturated carbocycles. The monoisotopic (exact) mass is 311 g/mol. The van der Waals surface area contributed by atoms with Gasteiger partial charge in [-0.3, -0.25) is 0 Å². The van der Waals surface area contributed by atoms with Gasteiger partial charge < -0.3 is 5.73 Å².